The summed E-state index contributed by atoms with van der Waals surface area (Å²) in [5.74, 6) is -0.167. The van der Waals surface area contributed by atoms with Crippen molar-refractivity contribution < 1.29 is 27.5 Å². The van der Waals surface area contributed by atoms with Crippen molar-refractivity contribution >= 4 is 11.8 Å². The fourth-order valence-corrected chi connectivity index (χ4v) is 3.80. The first-order valence-electron chi connectivity index (χ1n) is 9.91. The average Bonchev–Trinajstić information content (AvgIpc) is 3.11. The Morgan fingerprint density at radius 2 is 2.03 bits per heavy atom. The van der Waals surface area contributed by atoms with Gasteiger partial charge in [-0.15, -0.1) is 0 Å². The van der Waals surface area contributed by atoms with Gasteiger partial charge >= 0.3 is 6.18 Å². The molecule has 2 atom stereocenters. The molecule has 1 aromatic carbocycles. The van der Waals surface area contributed by atoms with Gasteiger partial charge in [-0.2, -0.15) is 13.2 Å². The quantitative estimate of drug-likeness (QED) is 0.665. The van der Waals surface area contributed by atoms with Crippen LogP contribution in [0.3, 0.4) is 0 Å². The minimum atomic E-state index is -4.65. The summed E-state index contributed by atoms with van der Waals surface area (Å²) in [5.41, 5.74) is 0.128. The van der Waals surface area contributed by atoms with E-state index >= 15 is 0 Å². The highest BCUT2D eigenvalue weighted by Gasteiger charge is 2.43. The SMILES string of the molecule is COc1ccc(C[C@@]2(CCC(=O)N[C@H](c3cccnc3)C(F)(F)F)CCC(=O)N2)cc1. The summed E-state index contributed by atoms with van der Waals surface area (Å²) < 4.78 is 45.6. The first-order chi connectivity index (χ1) is 14.7. The van der Waals surface area contributed by atoms with Gasteiger partial charge in [-0.1, -0.05) is 18.2 Å². The lowest BCUT2D eigenvalue weighted by Crippen LogP contribution is -2.45. The van der Waals surface area contributed by atoms with Gasteiger partial charge in [0.25, 0.3) is 0 Å². The number of nitrogens with zero attached hydrogens (tertiary/aromatic N) is 1. The minimum Gasteiger partial charge on any atom is -0.497 e. The van der Waals surface area contributed by atoms with Crippen molar-refractivity contribution in [3.8, 4) is 5.75 Å². The van der Waals surface area contributed by atoms with Crippen LogP contribution in [0, 0.1) is 0 Å². The average molecular weight is 435 g/mol. The van der Waals surface area contributed by atoms with Gasteiger partial charge in [0.1, 0.15) is 5.75 Å². The molecule has 6 nitrogen and oxygen atoms in total. The van der Waals surface area contributed by atoms with Gasteiger partial charge in [0, 0.05) is 36.3 Å². The Bertz CT molecular complexity index is 904. The first kappa shape index (κ1) is 22.6. The van der Waals surface area contributed by atoms with Crippen LogP contribution in [0.25, 0.3) is 0 Å². The van der Waals surface area contributed by atoms with E-state index < -0.39 is 23.7 Å². The van der Waals surface area contributed by atoms with Gasteiger partial charge in [0.05, 0.1) is 7.11 Å². The molecule has 1 saturated heterocycles. The van der Waals surface area contributed by atoms with Crippen LogP contribution >= 0.6 is 0 Å². The highest BCUT2D eigenvalue weighted by Crippen LogP contribution is 2.33. The summed E-state index contributed by atoms with van der Waals surface area (Å²) >= 11 is 0. The van der Waals surface area contributed by atoms with E-state index in [1.54, 1.807) is 19.2 Å². The molecule has 31 heavy (non-hydrogen) atoms. The van der Waals surface area contributed by atoms with Crippen molar-refractivity contribution in [3.05, 3.63) is 59.9 Å². The second-order valence-electron chi connectivity index (χ2n) is 7.68. The lowest BCUT2D eigenvalue weighted by atomic mass is 9.85. The maximum absolute atomic E-state index is 13.5. The smallest absolute Gasteiger partial charge is 0.412 e. The van der Waals surface area contributed by atoms with E-state index in [0.717, 1.165) is 11.8 Å². The predicted octanol–water partition coefficient (Wildman–Crippen LogP) is 3.48. The van der Waals surface area contributed by atoms with Crippen molar-refractivity contribution in [2.75, 3.05) is 7.11 Å². The normalized spacial score (nSPS) is 19.5. The van der Waals surface area contributed by atoms with Gasteiger partial charge < -0.3 is 15.4 Å². The molecular weight excluding hydrogens is 411 g/mol. The molecule has 1 aliphatic heterocycles. The fraction of sp³-hybridized carbons (Fsp3) is 0.409. The van der Waals surface area contributed by atoms with Gasteiger partial charge in [0.15, 0.2) is 6.04 Å². The van der Waals surface area contributed by atoms with Crippen LogP contribution < -0.4 is 15.4 Å². The topological polar surface area (TPSA) is 80.3 Å². The summed E-state index contributed by atoms with van der Waals surface area (Å²) in [6, 6.07) is 7.86. The number of hydrogen-bond donors (Lipinski definition) is 2. The molecule has 1 aliphatic rings. The largest absolute Gasteiger partial charge is 0.497 e. The Balaban J connectivity index is 1.68. The number of hydrogen-bond acceptors (Lipinski definition) is 4. The number of methoxy groups -OCH3 is 1. The Morgan fingerprint density at radius 1 is 1.29 bits per heavy atom. The highest BCUT2D eigenvalue weighted by molar-refractivity contribution is 5.80. The van der Waals surface area contributed by atoms with Gasteiger partial charge in [-0.3, -0.25) is 14.6 Å². The van der Waals surface area contributed by atoms with Crippen LogP contribution in [0.2, 0.25) is 0 Å². The zero-order valence-electron chi connectivity index (χ0n) is 17.0. The van der Waals surface area contributed by atoms with Crippen LogP contribution in [0.1, 0.15) is 42.9 Å². The number of pyridine rings is 1. The zero-order chi connectivity index (χ0) is 22.5. The third kappa shape index (κ3) is 5.96. The number of ether oxygens (including phenoxy) is 1. The molecule has 0 spiro atoms. The summed E-state index contributed by atoms with van der Waals surface area (Å²) in [4.78, 5) is 28.0. The Kier molecular flexibility index (Phi) is 6.82. The Morgan fingerprint density at radius 3 is 2.58 bits per heavy atom. The number of carbonyl (C=O) groups is 2. The lowest BCUT2D eigenvalue weighted by Gasteiger charge is -2.30. The standard InChI is InChI=1S/C22H24F3N3O3/c1-31-17-6-4-15(5-7-17)13-21(11-9-19(30)28-21)10-8-18(29)27-20(22(23,24)25)16-3-2-12-26-14-16/h2-7,12,14,20H,8-11,13H2,1H3,(H,27,29)(H,28,30)/t20-,21-/m1/s1. The molecule has 2 amide bonds. The van der Waals surface area contributed by atoms with E-state index in [1.807, 2.05) is 12.1 Å². The van der Waals surface area contributed by atoms with Crippen molar-refractivity contribution in [1.29, 1.82) is 0 Å². The van der Waals surface area contributed by atoms with Crippen molar-refractivity contribution in [3.63, 3.8) is 0 Å². The third-order valence-electron chi connectivity index (χ3n) is 5.42. The van der Waals surface area contributed by atoms with Gasteiger partial charge in [-0.05, 0) is 43.0 Å². The van der Waals surface area contributed by atoms with Crippen molar-refractivity contribution in [2.24, 2.45) is 0 Å². The molecule has 0 saturated carbocycles. The predicted molar refractivity (Wildman–Crippen MR) is 107 cm³/mol. The third-order valence-corrected chi connectivity index (χ3v) is 5.42. The second-order valence-corrected chi connectivity index (χ2v) is 7.68. The van der Waals surface area contributed by atoms with E-state index in [1.165, 1.54) is 18.3 Å². The fourth-order valence-electron chi connectivity index (χ4n) is 3.80. The van der Waals surface area contributed by atoms with E-state index in [4.69, 9.17) is 4.74 Å². The number of rotatable bonds is 8. The van der Waals surface area contributed by atoms with Crippen LogP contribution in [0.5, 0.6) is 5.75 Å². The molecule has 0 aliphatic carbocycles. The number of alkyl halides is 3. The number of benzene rings is 1. The molecule has 1 fully saturated rings. The Labute approximate surface area is 178 Å². The van der Waals surface area contributed by atoms with Crippen molar-refractivity contribution in [2.45, 2.75) is 49.9 Å². The summed E-state index contributed by atoms with van der Waals surface area (Å²) in [6.45, 7) is 0. The summed E-state index contributed by atoms with van der Waals surface area (Å²) in [6.07, 6.45) is -0.819. The van der Waals surface area contributed by atoms with E-state index in [9.17, 15) is 22.8 Å². The van der Waals surface area contributed by atoms with Crippen LogP contribution in [-0.4, -0.2) is 35.6 Å². The van der Waals surface area contributed by atoms with Gasteiger partial charge in [-0.25, -0.2) is 0 Å². The molecular formula is C22H24F3N3O3. The van der Waals surface area contributed by atoms with Crippen LogP contribution in [0.4, 0.5) is 13.2 Å². The summed E-state index contributed by atoms with van der Waals surface area (Å²) in [5, 5.41) is 5.00. The maximum atomic E-state index is 13.5. The molecule has 2 N–H and O–H groups in total. The first-order valence-corrected chi connectivity index (χ1v) is 9.91. The Hall–Kier alpha value is -3.10. The zero-order valence-corrected chi connectivity index (χ0v) is 17.0. The molecule has 2 aromatic rings. The molecule has 0 radical (unpaired) electrons. The van der Waals surface area contributed by atoms with Crippen LogP contribution in [0.15, 0.2) is 48.8 Å². The van der Waals surface area contributed by atoms with Crippen LogP contribution in [-0.2, 0) is 16.0 Å². The number of amides is 2. The molecule has 1 aromatic heterocycles. The van der Waals surface area contributed by atoms with Crippen molar-refractivity contribution in [1.82, 2.24) is 15.6 Å². The molecule has 9 heteroatoms. The maximum Gasteiger partial charge on any atom is 0.412 e. The molecule has 0 bridgehead atoms. The molecule has 2 heterocycles. The summed E-state index contributed by atoms with van der Waals surface area (Å²) in [7, 11) is 1.56. The van der Waals surface area contributed by atoms with E-state index in [-0.39, 0.29) is 24.3 Å². The van der Waals surface area contributed by atoms with Gasteiger partial charge in [0.2, 0.25) is 11.8 Å². The molecule has 0 unspecified atom stereocenters. The molecule has 3 rings (SSSR count). The number of aromatic nitrogens is 1. The molecule has 166 valence electrons. The second kappa shape index (κ2) is 9.36. The minimum absolute atomic E-state index is 0.127. The number of carbonyl (C=O) groups excluding carboxylic acids is 2. The monoisotopic (exact) mass is 435 g/mol. The number of halogens is 3. The number of nitrogens with one attached hydrogen (secondary N) is 2. The highest BCUT2D eigenvalue weighted by atomic mass is 19.4. The lowest BCUT2D eigenvalue weighted by molar-refractivity contribution is -0.163. The van der Waals surface area contributed by atoms with E-state index in [2.05, 4.69) is 15.6 Å². The van der Waals surface area contributed by atoms with E-state index in [0.29, 0.717) is 25.0 Å².